The fraction of sp³-hybridized carbons (Fsp3) is 0. The Kier molecular flexibility index (Phi) is 5.41. The van der Waals surface area contributed by atoms with Crippen LogP contribution in [0.25, 0.3) is 11.6 Å². The van der Waals surface area contributed by atoms with E-state index in [0.29, 0.717) is 15.4 Å². The van der Waals surface area contributed by atoms with E-state index in [1.807, 2.05) is 84.9 Å². The zero-order valence-electron chi connectivity index (χ0n) is 15.8. The second-order valence-corrected chi connectivity index (χ2v) is 8.57. The van der Waals surface area contributed by atoms with Crippen molar-refractivity contribution in [1.82, 2.24) is 0 Å². The molecular formula is C26H20O2S. The third-order valence-corrected chi connectivity index (χ3v) is 6.54. The van der Waals surface area contributed by atoms with Crippen molar-refractivity contribution in [2.24, 2.45) is 0 Å². The molecule has 0 saturated carbocycles. The second kappa shape index (κ2) is 8.29. The Hall–Kier alpha value is -3.43. The Labute approximate surface area is 171 Å². The summed E-state index contributed by atoms with van der Waals surface area (Å²) in [5.41, 5.74) is 3.53. The molecule has 2 nitrogen and oxygen atoms in total. The first kappa shape index (κ1) is 18.9. The van der Waals surface area contributed by atoms with Gasteiger partial charge in [0.05, 0.1) is 9.79 Å². The van der Waals surface area contributed by atoms with Gasteiger partial charge in [-0.05, 0) is 41.0 Å². The summed E-state index contributed by atoms with van der Waals surface area (Å²) in [6.07, 6.45) is 2.04. The van der Waals surface area contributed by atoms with Gasteiger partial charge in [-0.3, -0.25) is 0 Å². The molecule has 0 bridgehead atoms. The van der Waals surface area contributed by atoms with Crippen molar-refractivity contribution in [3.8, 4) is 0 Å². The smallest absolute Gasteiger partial charge is 0.207 e. The topological polar surface area (TPSA) is 34.1 Å². The number of hydrogen-bond acceptors (Lipinski definition) is 2. The Morgan fingerprint density at radius 3 is 1.76 bits per heavy atom. The third-order valence-electron chi connectivity index (χ3n) is 4.72. The van der Waals surface area contributed by atoms with Gasteiger partial charge in [-0.1, -0.05) is 97.1 Å². The summed E-state index contributed by atoms with van der Waals surface area (Å²) in [6, 6.07) is 35.6. The quantitative estimate of drug-likeness (QED) is 0.382. The van der Waals surface area contributed by atoms with E-state index in [4.69, 9.17) is 0 Å². The average Bonchev–Trinajstić information content (AvgIpc) is 2.79. The van der Waals surface area contributed by atoms with Crippen LogP contribution in [0.5, 0.6) is 0 Å². The van der Waals surface area contributed by atoms with Crippen LogP contribution in [0.1, 0.15) is 16.7 Å². The van der Waals surface area contributed by atoms with Gasteiger partial charge in [-0.15, -0.1) is 0 Å². The molecule has 142 valence electrons. The van der Waals surface area contributed by atoms with E-state index in [2.05, 4.69) is 0 Å². The minimum atomic E-state index is -3.66. The number of sulfone groups is 1. The summed E-state index contributed by atoms with van der Waals surface area (Å²) in [6.45, 7) is 0. The monoisotopic (exact) mass is 396 g/mol. The number of hydrogen-bond donors (Lipinski definition) is 0. The van der Waals surface area contributed by atoms with E-state index in [1.54, 1.807) is 36.4 Å². The molecule has 0 unspecified atom stereocenters. The van der Waals surface area contributed by atoms with Crippen LogP contribution in [-0.4, -0.2) is 8.42 Å². The Bertz CT molecular complexity index is 1230. The van der Waals surface area contributed by atoms with Crippen molar-refractivity contribution in [2.45, 2.75) is 9.79 Å². The molecular weight excluding hydrogens is 376 g/mol. The predicted octanol–water partition coefficient (Wildman–Crippen LogP) is 6.11. The predicted molar refractivity (Wildman–Crippen MR) is 118 cm³/mol. The van der Waals surface area contributed by atoms with Crippen molar-refractivity contribution in [3.05, 3.63) is 132 Å². The molecule has 0 amide bonds. The van der Waals surface area contributed by atoms with E-state index >= 15 is 0 Å². The van der Waals surface area contributed by atoms with Gasteiger partial charge in [0.25, 0.3) is 0 Å². The van der Waals surface area contributed by atoms with Gasteiger partial charge in [0.2, 0.25) is 9.84 Å². The Morgan fingerprint density at radius 2 is 1.10 bits per heavy atom. The molecule has 0 atom stereocenters. The van der Waals surface area contributed by atoms with E-state index in [9.17, 15) is 8.42 Å². The van der Waals surface area contributed by atoms with E-state index in [1.165, 1.54) is 0 Å². The number of benzene rings is 4. The largest absolute Gasteiger partial charge is 0.218 e. The third kappa shape index (κ3) is 4.05. The van der Waals surface area contributed by atoms with Gasteiger partial charge in [-0.25, -0.2) is 8.42 Å². The standard InChI is InChI=1S/C26H20O2S/c27-29(28,23-16-8-3-9-17-23)26-19-11-10-18-24(26)25(22-14-6-2-7-15-22)20-21-12-4-1-5-13-21/h1-20H/b25-20+. The van der Waals surface area contributed by atoms with Crippen molar-refractivity contribution < 1.29 is 8.42 Å². The molecule has 0 heterocycles. The van der Waals surface area contributed by atoms with Crippen molar-refractivity contribution in [3.63, 3.8) is 0 Å². The summed E-state index contributed by atoms with van der Waals surface area (Å²) in [5.74, 6) is 0. The zero-order chi connectivity index (χ0) is 20.1. The first-order valence-electron chi connectivity index (χ1n) is 9.38. The average molecular weight is 397 g/mol. The summed E-state index contributed by atoms with van der Waals surface area (Å²) in [5, 5.41) is 0. The van der Waals surface area contributed by atoms with Crippen LogP contribution in [0, 0.1) is 0 Å². The van der Waals surface area contributed by atoms with Gasteiger partial charge in [0, 0.05) is 5.56 Å². The highest BCUT2D eigenvalue weighted by molar-refractivity contribution is 7.91. The maximum Gasteiger partial charge on any atom is 0.207 e. The molecule has 0 radical (unpaired) electrons. The highest BCUT2D eigenvalue weighted by Crippen LogP contribution is 2.33. The van der Waals surface area contributed by atoms with Gasteiger partial charge in [0.1, 0.15) is 0 Å². The molecule has 0 spiro atoms. The molecule has 0 fully saturated rings. The Balaban J connectivity index is 1.95. The molecule has 0 aromatic heterocycles. The highest BCUT2D eigenvalue weighted by atomic mass is 32.2. The van der Waals surface area contributed by atoms with Crippen molar-refractivity contribution in [1.29, 1.82) is 0 Å². The highest BCUT2D eigenvalue weighted by Gasteiger charge is 2.22. The lowest BCUT2D eigenvalue weighted by molar-refractivity contribution is 0.596. The maximum atomic E-state index is 13.4. The normalized spacial score (nSPS) is 11.9. The van der Waals surface area contributed by atoms with Crippen LogP contribution in [0.3, 0.4) is 0 Å². The van der Waals surface area contributed by atoms with E-state index in [-0.39, 0.29) is 0 Å². The molecule has 0 saturated heterocycles. The van der Waals surface area contributed by atoms with Crippen LogP contribution < -0.4 is 0 Å². The summed E-state index contributed by atoms with van der Waals surface area (Å²) >= 11 is 0. The summed E-state index contributed by atoms with van der Waals surface area (Å²) in [7, 11) is -3.66. The van der Waals surface area contributed by atoms with Crippen LogP contribution in [0.2, 0.25) is 0 Å². The summed E-state index contributed by atoms with van der Waals surface area (Å²) < 4.78 is 26.8. The lowest BCUT2D eigenvalue weighted by Crippen LogP contribution is -2.06. The van der Waals surface area contributed by atoms with Crippen LogP contribution >= 0.6 is 0 Å². The molecule has 4 aromatic rings. The van der Waals surface area contributed by atoms with E-state index in [0.717, 1.165) is 16.7 Å². The first-order chi connectivity index (χ1) is 14.2. The fourth-order valence-electron chi connectivity index (χ4n) is 3.30. The maximum absolute atomic E-state index is 13.4. The molecule has 4 aromatic carbocycles. The molecule has 0 aliphatic carbocycles. The molecule has 0 aliphatic heterocycles. The van der Waals surface area contributed by atoms with Crippen LogP contribution in [0.15, 0.2) is 125 Å². The molecule has 4 rings (SSSR count). The van der Waals surface area contributed by atoms with Crippen LogP contribution in [0.4, 0.5) is 0 Å². The zero-order valence-corrected chi connectivity index (χ0v) is 16.6. The van der Waals surface area contributed by atoms with Crippen molar-refractivity contribution >= 4 is 21.5 Å². The minimum Gasteiger partial charge on any atom is -0.218 e. The molecule has 3 heteroatoms. The van der Waals surface area contributed by atoms with Gasteiger partial charge in [-0.2, -0.15) is 0 Å². The Morgan fingerprint density at radius 1 is 0.586 bits per heavy atom. The second-order valence-electron chi connectivity index (χ2n) is 6.65. The fourth-order valence-corrected chi connectivity index (χ4v) is 4.79. The lowest BCUT2D eigenvalue weighted by atomic mass is 9.95. The molecule has 0 aliphatic rings. The molecule has 29 heavy (non-hydrogen) atoms. The number of rotatable bonds is 5. The SMILES string of the molecule is O=S(=O)(c1ccccc1)c1ccccc1/C(=C/c1ccccc1)c1ccccc1. The molecule has 0 N–H and O–H groups in total. The van der Waals surface area contributed by atoms with Gasteiger partial charge < -0.3 is 0 Å². The van der Waals surface area contributed by atoms with Gasteiger partial charge >= 0.3 is 0 Å². The van der Waals surface area contributed by atoms with Crippen LogP contribution in [-0.2, 0) is 9.84 Å². The summed E-state index contributed by atoms with van der Waals surface area (Å²) in [4.78, 5) is 0.594. The lowest BCUT2D eigenvalue weighted by Gasteiger charge is -2.15. The van der Waals surface area contributed by atoms with Gasteiger partial charge in [0.15, 0.2) is 0 Å². The minimum absolute atomic E-state index is 0.291. The van der Waals surface area contributed by atoms with Crippen molar-refractivity contribution in [2.75, 3.05) is 0 Å². The first-order valence-corrected chi connectivity index (χ1v) is 10.9. The van der Waals surface area contributed by atoms with E-state index < -0.39 is 9.84 Å².